The molecular weight excluding hydrogens is 210 g/mol. The van der Waals surface area contributed by atoms with Crippen molar-refractivity contribution in [1.29, 1.82) is 0 Å². The van der Waals surface area contributed by atoms with Crippen LogP contribution in [0.5, 0.6) is 0 Å². The highest BCUT2D eigenvalue weighted by molar-refractivity contribution is 5.78. The van der Waals surface area contributed by atoms with Crippen LogP contribution in [0, 0.1) is 0 Å². The van der Waals surface area contributed by atoms with Crippen molar-refractivity contribution < 1.29 is 19.4 Å². The molecule has 0 aliphatic rings. The first-order chi connectivity index (χ1) is 7.42. The Labute approximate surface area is 97.1 Å². The average molecular weight is 233 g/mol. The first kappa shape index (κ1) is 15.3. The predicted octanol–water partition coefficient (Wildman–Crippen LogP) is 0.881. The number of carboxylic acids is 1. The van der Waals surface area contributed by atoms with Crippen LogP contribution < -0.4 is 5.32 Å². The smallest absolute Gasteiger partial charge is 0.326 e. The molecule has 0 spiro atoms. The first-order valence-electron chi connectivity index (χ1n) is 5.60. The van der Waals surface area contributed by atoms with Gasteiger partial charge in [-0.1, -0.05) is 6.92 Å². The van der Waals surface area contributed by atoms with Crippen molar-refractivity contribution in [2.45, 2.75) is 39.3 Å². The highest BCUT2D eigenvalue weighted by Crippen LogP contribution is 2.04. The Hall–Kier alpha value is -0.650. The summed E-state index contributed by atoms with van der Waals surface area (Å²) >= 11 is 0. The van der Waals surface area contributed by atoms with Gasteiger partial charge < -0.3 is 19.9 Å². The van der Waals surface area contributed by atoms with Gasteiger partial charge in [-0.05, 0) is 27.3 Å². The molecule has 0 aromatic carbocycles. The summed E-state index contributed by atoms with van der Waals surface area (Å²) in [5.74, 6) is -0.904. The van der Waals surface area contributed by atoms with Gasteiger partial charge in [-0.25, -0.2) is 0 Å². The Kier molecular flexibility index (Phi) is 7.29. The van der Waals surface area contributed by atoms with E-state index in [2.05, 4.69) is 5.32 Å². The van der Waals surface area contributed by atoms with Crippen LogP contribution in [0.4, 0.5) is 0 Å². The maximum atomic E-state index is 11.0. The van der Waals surface area contributed by atoms with Crippen LogP contribution in [0.3, 0.4) is 0 Å². The van der Waals surface area contributed by atoms with E-state index in [0.717, 1.165) is 0 Å². The molecule has 1 atom stereocenters. The minimum Gasteiger partial charge on any atom is -0.480 e. The van der Waals surface area contributed by atoms with E-state index in [9.17, 15) is 4.79 Å². The standard InChI is InChI=1S/C11H23NO4/c1-5-12-11(4,10(13)14)8-15-6-7-16-9(2)3/h9,12H,5-8H2,1-4H3,(H,13,14). The zero-order chi connectivity index (χ0) is 12.6. The molecule has 0 fully saturated rings. The number of carbonyl (C=O) groups is 1. The lowest BCUT2D eigenvalue weighted by molar-refractivity contribution is -0.147. The highest BCUT2D eigenvalue weighted by Gasteiger charge is 2.32. The van der Waals surface area contributed by atoms with E-state index >= 15 is 0 Å². The van der Waals surface area contributed by atoms with Crippen LogP contribution in [0.25, 0.3) is 0 Å². The summed E-state index contributed by atoms with van der Waals surface area (Å²) in [6, 6.07) is 0. The van der Waals surface area contributed by atoms with Crippen molar-refractivity contribution in [2.24, 2.45) is 0 Å². The Morgan fingerprint density at radius 2 is 2.06 bits per heavy atom. The minimum absolute atomic E-state index is 0.137. The highest BCUT2D eigenvalue weighted by atomic mass is 16.5. The van der Waals surface area contributed by atoms with E-state index in [1.807, 2.05) is 20.8 Å². The summed E-state index contributed by atoms with van der Waals surface area (Å²) in [6.45, 7) is 8.99. The number of hydrogen-bond acceptors (Lipinski definition) is 4. The molecule has 0 aliphatic carbocycles. The number of ether oxygens (including phenoxy) is 2. The van der Waals surface area contributed by atoms with Gasteiger partial charge >= 0.3 is 5.97 Å². The second-order valence-electron chi connectivity index (χ2n) is 4.14. The van der Waals surface area contributed by atoms with Crippen molar-refractivity contribution >= 4 is 5.97 Å². The molecule has 0 bridgehead atoms. The quantitative estimate of drug-likeness (QED) is 0.579. The zero-order valence-corrected chi connectivity index (χ0v) is 10.6. The molecule has 5 nitrogen and oxygen atoms in total. The number of nitrogens with one attached hydrogen (secondary N) is 1. The minimum atomic E-state index is -1.02. The average Bonchev–Trinajstić information content (AvgIpc) is 2.17. The maximum Gasteiger partial charge on any atom is 0.326 e. The molecule has 0 radical (unpaired) electrons. The van der Waals surface area contributed by atoms with E-state index in [1.54, 1.807) is 6.92 Å². The summed E-state index contributed by atoms with van der Waals surface area (Å²) in [6.07, 6.45) is 0.170. The van der Waals surface area contributed by atoms with Crippen molar-refractivity contribution in [3.05, 3.63) is 0 Å². The molecule has 0 aromatic heterocycles. The molecule has 0 saturated heterocycles. The second kappa shape index (κ2) is 7.60. The number of rotatable bonds is 9. The van der Waals surface area contributed by atoms with Gasteiger partial charge in [-0.2, -0.15) is 0 Å². The van der Waals surface area contributed by atoms with Crippen molar-refractivity contribution in [3.8, 4) is 0 Å². The van der Waals surface area contributed by atoms with Crippen LogP contribution in [-0.4, -0.2) is 49.1 Å². The molecule has 5 heteroatoms. The lowest BCUT2D eigenvalue weighted by atomic mass is 10.0. The summed E-state index contributed by atoms with van der Waals surface area (Å²) < 4.78 is 10.6. The molecular formula is C11H23NO4. The number of aliphatic carboxylic acids is 1. The summed E-state index contributed by atoms with van der Waals surface area (Å²) in [4.78, 5) is 11.0. The fourth-order valence-corrected chi connectivity index (χ4v) is 1.20. The lowest BCUT2D eigenvalue weighted by Gasteiger charge is -2.25. The molecule has 1 unspecified atom stereocenters. The fraction of sp³-hybridized carbons (Fsp3) is 0.909. The van der Waals surface area contributed by atoms with Crippen molar-refractivity contribution in [2.75, 3.05) is 26.4 Å². The van der Waals surface area contributed by atoms with Gasteiger partial charge in [-0.3, -0.25) is 4.79 Å². The van der Waals surface area contributed by atoms with Crippen LogP contribution >= 0.6 is 0 Å². The largest absolute Gasteiger partial charge is 0.480 e. The fourth-order valence-electron chi connectivity index (χ4n) is 1.20. The van der Waals surface area contributed by atoms with Crippen LogP contribution in [-0.2, 0) is 14.3 Å². The molecule has 0 aliphatic heterocycles. The van der Waals surface area contributed by atoms with Crippen LogP contribution in [0.15, 0.2) is 0 Å². The van der Waals surface area contributed by atoms with Crippen LogP contribution in [0.1, 0.15) is 27.7 Å². The number of carboxylic acid groups (broad SMARTS) is 1. The van der Waals surface area contributed by atoms with Crippen LogP contribution in [0.2, 0.25) is 0 Å². The van der Waals surface area contributed by atoms with Crippen molar-refractivity contribution in [3.63, 3.8) is 0 Å². The monoisotopic (exact) mass is 233 g/mol. The molecule has 96 valence electrons. The maximum absolute atomic E-state index is 11.0. The SMILES string of the molecule is CCNC(C)(COCCOC(C)C)C(=O)O. The van der Waals surface area contributed by atoms with Gasteiger partial charge in [0, 0.05) is 0 Å². The Morgan fingerprint density at radius 3 is 2.50 bits per heavy atom. The zero-order valence-electron chi connectivity index (χ0n) is 10.6. The Balaban J connectivity index is 3.81. The molecule has 2 N–H and O–H groups in total. The summed E-state index contributed by atoms with van der Waals surface area (Å²) in [7, 11) is 0. The number of likely N-dealkylation sites (N-methyl/N-ethyl adjacent to an activating group) is 1. The van der Waals surface area contributed by atoms with Crippen molar-refractivity contribution in [1.82, 2.24) is 5.32 Å². The topological polar surface area (TPSA) is 67.8 Å². The predicted molar refractivity (Wildman–Crippen MR) is 61.6 cm³/mol. The summed E-state index contributed by atoms with van der Waals surface area (Å²) in [5.41, 5.74) is -1.02. The molecule has 16 heavy (non-hydrogen) atoms. The van der Waals surface area contributed by atoms with Gasteiger partial charge in [0.05, 0.1) is 25.9 Å². The van der Waals surface area contributed by atoms with E-state index in [-0.39, 0.29) is 12.7 Å². The number of hydrogen-bond donors (Lipinski definition) is 2. The van der Waals surface area contributed by atoms with E-state index in [1.165, 1.54) is 0 Å². The molecule has 0 rings (SSSR count). The van der Waals surface area contributed by atoms with Gasteiger partial charge in [0.25, 0.3) is 0 Å². The molecule has 0 saturated carbocycles. The third-order valence-corrected chi connectivity index (χ3v) is 2.11. The molecule has 0 heterocycles. The molecule has 0 aromatic rings. The summed E-state index contributed by atoms with van der Waals surface area (Å²) in [5, 5.41) is 11.9. The van der Waals surface area contributed by atoms with Gasteiger partial charge in [0.2, 0.25) is 0 Å². The normalized spacial score (nSPS) is 15.1. The lowest BCUT2D eigenvalue weighted by Crippen LogP contribution is -2.53. The van der Waals surface area contributed by atoms with E-state index in [0.29, 0.717) is 19.8 Å². The van der Waals surface area contributed by atoms with Gasteiger partial charge in [0.15, 0.2) is 0 Å². The Morgan fingerprint density at radius 1 is 1.44 bits per heavy atom. The molecule has 0 amide bonds. The first-order valence-corrected chi connectivity index (χ1v) is 5.60. The van der Waals surface area contributed by atoms with E-state index in [4.69, 9.17) is 14.6 Å². The third-order valence-electron chi connectivity index (χ3n) is 2.11. The van der Waals surface area contributed by atoms with E-state index < -0.39 is 11.5 Å². The van der Waals surface area contributed by atoms with Gasteiger partial charge in [0.1, 0.15) is 5.54 Å². The second-order valence-corrected chi connectivity index (χ2v) is 4.14. The van der Waals surface area contributed by atoms with Gasteiger partial charge in [-0.15, -0.1) is 0 Å². The Bertz CT molecular complexity index is 208. The third kappa shape index (κ3) is 6.05.